The van der Waals surface area contributed by atoms with E-state index in [9.17, 15) is 5.11 Å². The summed E-state index contributed by atoms with van der Waals surface area (Å²) in [4.78, 5) is 0. The van der Waals surface area contributed by atoms with Crippen LogP contribution in [0.15, 0.2) is 0 Å². The van der Waals surface area contributed by atoms with E-state index in [1.165, 1.54) is 32.1 Å². The summed E-state index contributed by atoms with van der Waals surface area (Å²) in [6, 6.07) is 0. The molecule has 0 aromatic rings. The molecule has 13 heavy (non-hydrogen) atoms. The van der Waals surface area contributed by atoms with Crippen molar-refractivity contribution in [1.29, 1.82) is 0 Å². The van der Waals surface area contributed by atoms with Crippen molar-refractivity contribution >= 4 is 0 Å². The van der Waals surface area contributed by atoms with Gasteiger partial charge in [-0.1, -0.05) is 26.2 Å². The van der Waals surface area contributed by atoms with Crippen LogP contribution in [0.1, 0.15) is 52.4 Å². The van der Waals surface area contributed by atoms with Crippen molar-refractivity contribution in [3.8, 4) is 0 Å². The Hall–Kier alpha value is -0.0400. The topological polar surface area (TPSA) is 20.2 Å². The monoisotopic (exact) mass is 182 g/mol. The molecule has 1 N–H and O–H groups in total. The van der Waals surface area contributed by atoms with Crippen molar-refractivity contribution in [3.63, 3.8) is 0 Å². The molecule has 76 valence electrons. The molecule has 2 aliphatic rings. The fraction of sp³-hybridized carbons (Fsp3) is 1.00. The average Bonchev–Trinajstić information content (AvgIpc) is 2.26. The van der Waals surface area contributed by atoms with Gasteiger partial charge in [-0.15, -0.1) is 0 Å². The van der Waals surface area contributed by atoms with E-state index in [-0.39, 0.29) is 5.60 Å². The van der Waals surface area contributed by atoms with Gasteiger partial charge in [0.25, 0.3) is 0 Å². The maximum Gasteiger partial charge on any atom is 0.0650 e. The maximum atomic E-state index is 10.2. The molecular formula is C12H22O. The maximum absolute atomic E-state index is 10.2. The second-order valence-corrected chi connectivity index (χ2v) is 5.43. The normalized spacial score (nSPS) is 51.5. The van der Waals surface area contributed by atoms with Crippen LogP contribution in [-0.4, -0.2) is 10.7 Å². The largest absolute Gasteiger partial charge is 0.390 e. The van der Waals surface area contributed by atoms with Crippen molar-refractivity contribution in [2.45, 2.75) is 58.0 Å². The molecule has 0 radical (unpaired) electrons. The summed E-state index contributed by atoms with van der Waals surface area (Å²) in [7, 11) is 0. The summed E-state index contributed by atoms with van der Waals surface area (Å²) in [5, 5.41) is 10.2. The first-order valence-corrected chi connectivity index (χ1v) is 5.83. The lowest BCUT2D eigenvalue weighted by Crippen LogP contribution is -2.32. The quantitative estimate of drug-likeness (QED) is 0.610. The highest BCUT2D eigenvalue weighted by molar-refractivity contribution is 4.96. The van der Waals surface area contributed by atoms with Crippen LogP contribution in [0.2, 0.25) is 0 Å². The highest BCUT2D eigenvalue weighted by Gasteiger charge is 2.45. The third kappa shape index (κ3) is 1.63. The van der Waals surface area contributed by atoms with Gasteiger partial charge in [0.2, 0.25) is 0 Å². The van der Waals surface area contributed by atoms with Crippen LogP contribution >= 0.6 is 0 Å². The van der Waals surface area contributed by atoms with Gasteiger partial charge in [0.1, 0.15) is 0 Å². The standard InChI is InChI=1S/C12H22O/c1-9-5-3-4-6-11-10(9)7-8-12(11,2)13/h9-11,13H,3-8H2,1-2H3/t9-,10-,11+,12-/m0/s1. The Morgan fingerprint density at radius 3 is 2.62 bits per heavy atom. The van der Waals surface area contributed by atoms with Gasteiger partial charge in [-0.25, -0.2) is 0 Å². The van der Waals surface area contributed by atoms with E-state index in [0.717, 1.165) is 18.3 Å². The first-order chi connectivity index (χ1) is 6.11. The molecule has 0 heterocycles. The summed E-state index contributed by atoms with van der Waals surface area (Å²) in [6.45, 7) is 4.43. The molecule has 0 amide bonds. The van der Waals surface area contributed by atoms with Crippen LogP contribution in [0.3, 0.4) is 0 Å². The van der Waals surface area contributed by atoms with E-state index in [1.54, 1.807) is 0 Å². The van der Waals surface area contributed by atoms with E-state index in [4.69, 9.17) is 0 Å². The third-order valence-corrected chi connectivity index (χ3v) is 4.45. The molecule has 4 atom stereocenters. The molecule has 1 nitrogen and oxygen atoms in total. The molecule has 2 saturated carbocycles. The van der Waals surface area contributed by atoms with Gasteiger partial charge in [-0.05, 0) is 43.9 Å². The van der Waals surface area contributed by atoms with Crippen molar-refractivity contribution in [3.05, 3.63) is 0 Å². The summed E-state index contributed by atoms with van der Waals surface area (Å²) in [5.41, 5.74) is -0.344. The lowest BCUT2D eigenvalue weighted by atomic mass is 9.79. The molecule has 0 unspecified atom stereocenters. The van der Waals surface area contributed by atoms with E-state index >= 15 is 0 Å². The SMILES string of the molecule is C[C@H]1CCCC[C@@H]2[C@H]1CC[C@]2(C)O. The summed E-state index contributed by atoms with van der Waals surface area (Å²) >= 11 is 0. The van der Waals surface area contributed by atoms with Crippen LogP contribution in [-0.2, 0) is 0 Å². The molecule has 1 heteroatoms. The molecule has 2 aliphatic carbocycles. The molecule has 2 fully saturated rings. The van der Waals surface area contributed by atoms with Gasteiger partial charge in [0.15, 0.2) is 0 Å². The van der Waals surface area contributed by atoms with E-state index in [0.29, 0.717) is 5.92 Å². The molecule has 2 rings (SSSR count). The predicted octanol–water partition coefficient (Wildman–Crippen LogP) is 2.97. The summed E-state index contributed by atoms with van der Waals surface area (Å²) in [5.74, 6) is 2.27. The van der Waals surface area contributed by atoms with Gasteiger partial charge in [-0.3, -0.25) is 0 Å². The Kier molecular flexibility index (Phi) is 2.39. The summed E-state index contributed by atoms with van der Waals surface area (Å²) in [6.07, 6.45) is 7.66. The Labute approximate surface area is 81.5 Å². The van der Waals surface area contributed by atoms with Crippen molar-refractivity contribution in [2.24, 2.45) is 17.8 Å². The summed E-state index contributed by atoms with van der Waals surface area (Å²) < 4.78 is 0. The van der Waals surface area contributed by atoms with Gasteiger partial charge >= 0.3 is 0 Å². The van der Waals surface area contributed by atoms with E-state index in [2.05, 4.69) is 13.8 Å². The van der Waals surface area contributed by atoms with Crippen LogP contribution < -0.4 is 0 Å². The number of fused-ring (bicyclic) bond motifs is 1. The van der Waals surface area contributed by atoms with Gasteiger partial charge in [0, 0.05) is 0 Å². The Morgan fingerprint density at radius 2 is 1.85 bits per heavy atom. The first kappa shape index (κ1) is 9.51. The molecule has 0 spiro atoms. The zero-order chi connectivity index (χ0) is 9.47. The van der Waals surface area contributed by atoms with Crippen molar-refractivity contribution < 1.29 is 5.11 Å². The van der Waals surface area contributed by atoms with Gasteiger partial charge in [-0.2, -0.15) is 0 Å². The minimum atomic E-state index is -0.344. The molecule has 0 aromatic heterocycles. The van der Waals surface area contributed by atoms with Crippen LogP contribution in [0.4, 0.5) is 0 Å². The van der Waals surface area contributed by atoms with Crippen LogP contribution in [0.5, 0.6) is 0 Å². The van der Waals surface area contributed by atoms with Crippen molar-refractivity contribution in [2.75, 3.05) is 0 Å². The lowest BCUT2D eigenvalue weighted by molar-refractivity contribution is 0.00314. The fourth-order valence-electron chi connectivity index (χ4n) is 3.56. The zero-order valence-electron chi connectivity index (χ0n) is 8.92. The third-order valence-electron chi connectivity index (χ3n) is 4.45. The number of hydrogen-bond acceptors (Lipinski definition) is 1. The highest BCUT2D eigenvalue weighted by Crippen LogP contribution is 2.49. The number of aliphatic hydroxyl groups is 1. The van der Waals surface area contributed by atoms with E-state index < -0.39 is 0 Å². The Morgan fingerprint density at radius 1 is 1.15 bits per heavy atom. The molecular weight excluding hydrogens is 160 g/mol. The lowest BCUT2D eigenvalue weighted by Gasteiger charge is -2.30. The molecule has 0 bridgehead atoms. The van der Waals surface area contributed by atoms with E-state index in [1.807, 2.05) is 0 Å². The Balaban J connectivity index is 2.15. The number of hydrogen-bond donors (Lipinski definition) is 1. The Bertz CT molecular complexity index is 186. The fourth-order valence-corrected chi connectivity index (χ4v) is 3.56. The zero-order valence-corrected chi connectivity index (χ0v) is 8.92. The second kappa shape index (κ2) is 3.27. The minimum Gasteiger partial charge on any atom is -0.390 e. The first-order valence-electron chi connectivity index (χ1n) is 5.83. The minimum absolute atomic E-state index is 0.344. The predicted molar refractivity (Wildman–Crippen MR) is 54.5 cm³/mol. The van der Waals surface area contributed by atoms with Gasteiger partial charge < -0.3 is 5.11 Å². The van der Waals surface area contributed by atoms with Crippen LogP contribution in [0.25, 0.3) is 0 Å². The van der Waals surface area contributed by atoms with Crippen molar-refractivity contribution in [1.82, 2.24) is 0 Å². The second-order valence-electron chi connectivity index (χ2n) is 5.43. The molecule has 0 saturated heterocycles. The average molecular weight is 182 g/mol. The highest BCUT2D eigenvalue weighted by atomic mass is 16.3. The van der Waals surface area contributed by atoms with Crippen LogP contribution in [0, 0.1) is 17.8 Å². The van der Waals surface area contributed by atoms with Gasteiger partial charge in [0.05, 0.1) is 5.60 Å². The molecule has 0 aliphatic heterocycles. The molecule has 0 aromatic carbocycles. The number of rotatable bonds is 0. The smallest absolute Gasteiger partial charge is 0.0650 e.